The first-order chi connectivity index (χ1) is 13.6. The number of aromatic nitrogens is 4. The van der Waals surface area contributed by atoms with Crippen LogP contribution in [0.1, 0.15) is 16.1 Å². The minimum atomic E-state index is -0.444. The number of anilines is 1. The molecule has 28 heavy (non-hydrogen) atoms. The maximum absolute atomic E-state index is 13.1. The van der Waals surface area contributed by atoms with Crippen LogP contribution in [0.5, 0.6) is 0 Å². The van der Waals surface area contributed by atoms with E-state index in [2.05, 4.69) is 15.6 Å². The molecule has 0 saturated heterocycles. The van der Waals surface area contributed by atoms with Crippen LogP contribution in [-0.2, 0) is 6.54 Å². The standard InChI is InChI=1S/C20H15ClFN5O/c21-17-6-2-1-5-14(17)13-27-20(26-11-3-4-12-26)18(24-25-27)19(28)23-16-9-7-15(22)8-10-16/h1-12H,13H2,(H,23,28). The first kappa shape index (κ1) is 17.9. The predicted octanol–water partition coefficient (Wildman–Crippen LogP) is 4.16. The first-order valence-electron chi connectivity index (χ1n) is 8.49. The second kappa shape index (κ2) is 7.66. The van der Waals surface area contributed by atoms with Gasteiger partial charge in [0, 0.05) is 23.1 Å². The number of carbonyl (C=O) groups is 1. The number of rotatable bonds is 5. The van der Waals surface area contributed by atoms with Crippen LogP contribution >= 0.6 is 11.6 Å². The van der Waals surface area contributed by atoms with Crippen molar-refractivity contribution in [1.82, 2.24) is 19.6 Å². The SMILES string of the molecule is O=C(Nc1ccc(F)cc1)c1nnn(Cc2ccccc2Cl)c1-n1cccc1. The zero-order valence-electron chi connectivity index (χ0n) is 14.6. The molecule has 4 rings (SSSR count). The van der Waals surface area contributed by atoms with Gasteiger partial charge in [-0.25, -0.2) is 9.07 Å². The van der Waals surface area contributed by atoms with E-state index >= 15 is 0 Å². The maximum atomic E-state index is 13.1. The number of hydrogen-bond donors (Lipinski definition) is 1. The molecule has 140 valence electrons. The Hall–Kier alpha value is -3.45. The fraction of sp³-hybridized carbons (Fsp3) is 0.0500. The van der Waals surface area contributed by atoms with Crippen molar-refractivity contribution in [3.63, 3.8) is 0 Å². The summed E-state index contributed by atoms with van der Waals surface area (Å²) in [6.45, 7) is 0.351. The molecule has 0 aliphatic carbocycles. The normalized spacial score (nSPS) is 10.8. The largest absolute Gasteiger partial charge is 0.320 e. The zero-order valence-corrected chi connectivity index (χ0v) is 15.3. The van der Waals surface area contributed by atoms with Crippen LogP contribution in [0.4, 0.5) is 10.1 Å². The fourth-order valence-electron chi connectivity index (χ4n) is 2.80. The third-order valence-electron chi connectivity index (χ3n) is 4.15. The lowest BCUT2D eigenvalue weighted by molar-refractivity contribution is 0.102. The molecule has 0 saturated carbocycles. The molecule has 0 aliphatic heterocycles. The van der Waals surface area contributed by atoms with Gasteiger partial charge in [-0.1, -0.05) is 35.0 Å². The van der Waals surface area contributed by atoms with Gasteiger partial charge in [-0.3, -0.25) is 4.79 Å². The number of nitrogens with zero attached hydrogens (tertiary/aromatic N) is 4. The van der Waals surface area contributed by atoms with Crippen LogP contribution in [0.25, 0.3) is 5.82 Å². The number of carbonyl (C=O) groups excluding carboxylic acids is 1. The summed E-state index contributed by atoms with van der Waals surface area (Å²) in [5.74, 6) is -0.318. The average Bonchev–Trinajstić information content (AvgIpc) is 3.35. The van der Waals surface area contributed by atoms with Crippen LogP contribution in [0, 0.1) is 5.82 Å². The number of halogens is 2. The Bertz CT molecular complexity index is 1110. The van der Waals surface area contributed by atoms with E-state index in [-0.39, 0.29) is 11.5 Å². The van der Waals surface area contributed by atoms with E-state index in [1.807, 2.05) is 30.3 Å². The third kappa shape index (κ3) is 3.65. The Morgan fingerprint density at radius 1 is 1.04 bits per heavy atom. The molecule has 6 nitrogen and oxygen atoms in total. The second-order valence-corrected chi connectivity index (χ2v) is 6.47. The molecular formula is C20H15ClFN5O. The van der Waals surface area contributed by atoms with Crippen LogP contribution in [0.3, 0.4) is 0 Å². The molecule has 0 radical (unpaired) electrons. The molecule has 0 atom stereocenters. The Kier molecular flexibility index (Phi) is 4.90. The van der Waals surface area contributed by atoms with E-state index in [1.54, 1.807) is 27.7 Å². The van der Waals surface area contributed by atoms with Crippen molar-refractivity contribution in [3.8, 4) is 5.82 Å². The van der Waals surface area contributed by atoms with Gasteiger partial charge in [0.2, 0.25) is 0 Å². The van der Waals surface area contributed by atoms with Crippen molar-refractivity contribution >= 4 is 23.2 Å². The lowest BCUT2D eigenvalue weighted by Gasteiger charge is -2.10. The van der Waals surface area contributed by atoms with Gasteiger partial charge >= 0.3 is 0 Å². The summed E-state index contributed by atoms with van der Waals surface area (Å²) < 4.78 is 16.5. The number of amides is 1. The number of hydrogen-bond acceptors (Lipinski definition) is 3. The van der Waals surface area contributed by atoms with Crippen LogP contribution < -0.4 is 5.32 Å². The average molecular weight is 396 g/mol. The summed E-state index contributed by atoms with van der Waals surface area (Å²) in [4.78, 5) is 12.8. The minimum absolute atomic E-state index is 0.146. The Balaban J connectivity index is 1.69. The van der Waals surface area contributed by atoms with Gasteiger partial charge in [0.05, 0.1) is 6.54 Å². The van der Waals surface area contributed by atoms with E-state index in [1.165, 1.54) is 24.3 Å². The second-order valence-electron chi connectivity index (χ2n) is 6.06. The quantitative estimate of drug-likeness (QED) is 0.551. The van der Waals surface area contributed by atoms with E-state index in [9.17, 15) is 9.18 Å². The number of nitrogens with one attached hydrogen (secondary N) is 1. The molecule has 2 aromatic carbocycles. The van der Waals surface area contributed by atoms with Crippen molar-refractivity contribution in [2.45, 2.75) is 6.54 Å². The van der Waals surface area contributed by atoms with Crippen molar-refractivity contribution in [1.29, 1.82) is 0 Å². The zero-order chi connectivity index (χ0) is 19.5. The molecule has 2 aromatic heterocycles. The highest BCUT2D eigenvalue weighted by Crippen LogP contribution is 2.20. The monoisotopic (exact) mass is 395 g/mol. The highest BCUT2D eigenvalue weighted by Gasteiger charge is 2.22. The van der Waals surface area contributed by atoms with Gasteiger partial charge in [-0.2, -0.15) is 0 Å². The molecule has 0 bridgehead atoms. The first-order valence-corrected chi connectivity index (χ1v) is 8.87. The molecule has 8 heteroatoms. The van der Waals surface area contributed by atoms with Gasteiger partial charge < -0.3 is 9.88 Å². The number of benzene rings is 2. The van der Waals surface area contributed by atoms with Crippen molar-refractivity contribution in [2.75, 3.05) is 5.32 Å². The van der Waals surface area contributed by atoms with Crippen molar-refractivity contribution in [3.05, 3.63) is 95.2 Å². The topological polar surface area (TPSA) is 64.7 Å². The molecule has 0 spiro atoms. The van der Waals surface area contributed by atoms with Crippen molar-refractivity contribution in [2.24, 2.45) is 0 Å². The van der Waals surface area contributed by atoms with Crippen molar-refractivity contribution < 1.29 is 9.18 Å². The summed E-state index contributed by atoms with van der Waals surface area (Å²) in [7, 11) is 0. The summed E-state index contributed by atoms with van der Waals surface area (Å²) in [6, 6.07) is 16.6. The summed E-state index contributed by atoms with van der Waals surface area (Å²) in [6.07, 6.45) is 3.60. The molecular weight excluding hydrogens is 381 g/mol. The van der Waals surface area contributed by atoms with Crippen LogP contribution in [-0.4, -0.2) is 25.5 Å². The summed E-state index contributed by atoms with van der Waals surface area (Å²) >= 11 is 6.26. The minimum Gasteiger partial charge on any atom is -0.320 e. The lowest BCUT2D eigenvalue weighted by Crippen LogP contribution is -2.16. The third-order valence-corrected chi connectivity index (χ3v) is 4.52. The van der Waals surface area contributed by atoms with Gasteiger partial charge in [0.25, 0.3) is 5.91 Å². The summed E-state index contributed by atoms with van der Waals surface area (Å²) in [5, 5.41) is 11.5. The highest BCUT2D eigenvalue weighted by molar-refractivity contribution is 6.31. The highest BCUT2D eigenvalue weighted by atomic mass is 35.5. The van der Waals surface area contributed by atoms with Gasteiger partial charge in [-0.05, 0) is 48.0 Å². The molecule has 2 heterocycles. The molecule has 4 aromatic rings. The van der Waals surface area contributed by atoms with Gasteiger partial charge in [0.15, 0.2) is 11.5 Å². The predicted molar refractivity (Wildman–Crippen MR) is 104 cm³/mol. The lowest BCUT2D eigenvalue weighted by atomic mass is 10.2. The molecule has 0 unspecified atom stereocenters. The van der Waals surface area contributed by atoms with E-state index in [0.29, 0.717) is 23.1 Å². The Labute approximate surface area is 165 Å². The van der Waals surface area contributed by atoms with E-state index < -0.39 is 5.91 Å². The molecule has 0 fully saturated rings. The van der Waals surface area contributed by atoms with E-state index in [0.717, 1.165) is 5.56 Å². The Morgan fingerprint density at radius 3 is 2.46 bits per heavy atom. The Morgan fingerprint density at radius 2 is 1.75 bits per heavy atom. The van der Waals surface area contributed by atoms with Gasteiger partial charge in [-0.15, -0.1) is 5.10 Å². The molecule has 1 N–H and O–H groups in total. The smallest absolute Gasteiger partial charge is 0.280 e. The summed E-state index contributed by atoms with van der Waals surface area (Å²) in [5.41, 5.74) is 1.46. The van der Waals surface area contributed by atoms with E-state index in [4.69, 9.17) is 11.6 Å². The maximum Gasteiger partial charge on any atom is 0.280 e. The van der Waals surface area contributed by atoms with Gasteiger partial charge in [0.1, 0.15) is 5.82 Å². The fourth-order valence-corrected chi connectivity index (χ4v) is 3.00. The van der Waals surface area contributed by atoms with Crippen LogP contribution in [0.2, 0.25) is 5.02 Å². The molecule has 1 amide bonds. The van der Waals surface area contributed by atoms with Crippen LogP contribution in [0.15, 0.2) is 73.1 Å². The molecule has 0 aliphatic rings.